The van der Waals surface area contributed by atoms with Crippen LogP contribution >= 0.6 is 0 Å². The van der Waals surface area contributed by atoms with E-state index in [0.29, 0.717) is 6.54 Å². The van der Waals surface area contributed by atoms with Gasteiger partial charge in [-0.15, -0.1) is 0 Å². The zero-order chi connectivity index (χ0) is 12.8. The molecule has 3 heteroatoms. The van der Waals surface area contributed by atoms with Crippen LogP contribution in [0.2, 0.25) is 0 Å². The van der Waals surface area contributed by atoms with Gasteiger partial charge in [0.15, 0.2) is 0 Å². The molecule has 0 spiro atoms. The number of rotatable bonds is 5. The Balaban J connectivity index is 1.79. The van der Waals surface area contributed by atoms with Gasteiger partial charge in [0.2, 0.25) is 5.91 Å². The Hall–Kier alpha value is -1.51. The number of carbonyl (C=O) groups excluding carboxylic acids is 1. The summed E-state index contributed by atoms with van der Waals surface area (Å²) in [5.41, 5.74) is 1.15. The second-order valence-electron chi connectivity index (χ2n) is 4.83. The van der Waals surface area contributed by atoms with E-state index in [4.69, 9.17) is 4.74 Å². The van der Waals surface area contributed by atoms with Crippen molar-refractivity contribution in [3.63, 3.8) is 0 Å². The maximum Gasteiger partial charge on any atom is 0.223 e. The molecule has 0 aliphatic heterocycles. The molecule has 0 bridgehead atoms. The first-order chi connectivity index (χ1) is 8.81. The summed E-state index contributed by atoms with van der Waals surface area (Å²) in [7, 11) is 1.68. The number of benzene rings is 1. The molecule has 0 aromatic heterocycles. The van der Waals surface area contributed by atoms with Gasteiger partial charge in [0, 0.05) is 12.5 Å². The largest absolute Gasteiger partial charge is 0.496 e. The molecule has 18 heavy (non-hydrogen) atoms. The number of ether oxygens (including phenoxy) is 1. The lowest BCUT2D eigenvalue weighted by Gasteiger charge is -2.11. The Kier molecular flexibility index (Phi) is 4.62. The zero-order valence-corrected chi connectivity index (χ0v) is 10.9. The molecule has 1 fully saturated rings. The molecular formula is C15H21NO2. The Morgan fingerprint density at radius 1 is 1.33 bits per heavy atom. The van der Waals surface area contributed by atoms with Gasteiger partial charge in [0.1, 0.15) is 5.75 Å². The summed E-state index contributed by atoms with van der Waals surface area (Å²) in [4.78, 5) is 11.8. The number of hydrogen-bond acceptors (Lipinski definition) is 2. The first-order valence-corrected chi connectivity index (χ1v) is 6.71. The lowest BCUT2D eigenvalue weighted by atomic mass is 10.1. The topological polar surface area (TPSA) is 38.3 Å². The monoisotopic (exact) mass is 247 g/mol. The van der Waals surface area contributed by atoms with Crippen molar-refractivity contribution in [2.24, 2.45) is 5.92 Å². The van der Waals surface area contributed by atoms with Crippen LogP contribution in [0, 0.1) is 5.92 Å². The summed E-state index contributed by atoms with van der Waals surface area (Å²) in [5, 5.41) is 3.03. The Labute approximate surface area is 109 Å². The quantitative estimate of drug-likeness (QED) is 0.868. The number of hydrogen-bond donors (Lipinski definition) is 1. The SMILES string of the molecule is COc1ccccc1CCNC(=O)C1CCCC1. The van der Waals surface area contributed by atoms with Gasteiger partial charge in [0.05, 0.1) is 7.11 Å². The fraction of sp³-hybridized carbons (Fsp3) is 0.533. The van der Waals surface area contributed by atoms with E-state index >= 15 is 0 Å². The lowest BCUT2D eigenvalue weighted by molar-refractivity contribution is -0.124. The summed E-state index contributed by atoms with van der Waals surface area (Å²) in [6.45, 7) is 0.690. The highest BCUT2D eigenvalue weighted by atomic mass is 16.5. The minimum atomic E-state index is 0.224. The molecule has 1 amide bonds. The second kappa shape index (κ2) is 6.43. The first-order valence-electron chi connectivity index (χ1n) is 6.71. The van der Waals surface area contributed by atoms with E-state index in [1.807, 2.05) is 24.3 Å². The third-order valence-corrected chi connectivity index (χ3v) is 3.61. The predicted molar refractivity (Wildman–Crippen MR) is 71.7 cm³/mol. The molecule has 0 unspecified atom stereocenters. The number of para-hydroxylation sites is 1. The molecule has 0 saturated heterocycles. The first kappa shape index (κ1) is 12.9. The van der Waals surface area contributed by atoms with Crippen LogP contribution < -0.4 is 10.1 Å². The predicted octanol–water partition coefficient (Wildman–Crippen LogP) is 2.54. The molecule has 0 radical (unpaired) electrons. The molecule has 2 rings (SSSR count). The number of amides is 1. The van der Waals surface area contributed by atoms with Crippen LogP contribution in [0.3, 0.4) is 0 Å². The molecule has 98 valence electrons. The fourth-order valence-electron chi connectivity index (χ4n) is 2.56. The summed E-state index contributed by atoms with van der Waals surface area (Å²) < 4.78 is 5.29. The van der Waals surface area contributed by atoms with Crippen LogP contribution in [-0.2, 0) is 11.2 Å². The highest BCUT2D eigenvalue weighted by Gasteiger charge is 2.21. The number of methoxy groups -OCH3 is 1. The van der Waals surface area contributed by atoms with Gasteiger partial charge < -0.3 is 10.1 Å². The van der Waals surface area contributed by atoms with E-state index in [2.05, 4.69) is 5.32 Å². The summed E-state index contributed by atoms with van der Waals surface area (Å²) in [6.07, 6.45) is 5.33. The van der Waals surface area contributed by atoms with Crippen LogP contribution in [0.15, 0.2) is 24.3 Å². The summed E-state index contributed by atoms with van der Waals surface area (Å²) in [6, 6.07) is 7.95. The number of nitrogens with one attached hydrogen (secondary N) is 1. The van der Waals surface area contributed by atoms with E-state index in [0.717, 1.165) is 30.6 Å². The maximum absolute atomic E-state index is 11.8. The van der Waals surface area contributed by atoms with E-state index in [1.54, 1.807) is 7.11 Å². The van der Waals surface area contributed by atoms with Gasteiger partial charge >= 0.3 is 0 Å². The van der Waals surface area contributed by atoms with Crippen LogP contribution in [-0.4, -0.2) is 19.6 Å². The Morgan fingerprint density at radius 2 is 2.06 bits per heavy atom. The van der Waals surface area contributed by atoms with Crippen LogP contribution in [0.25, 0.3) is 0 Å². The average molecular weight is 247 g/mol. The minimum Gasteiger partial charge on any atom is -0.496 e. The third-order valence-electron chi connectivity index (χ3n) is 3.61. The van der Waals surface area contributed by atoms with E-state index in [1.165, 1.54) is 12.8 Å². The summed E-state index contributed by atoms with van der Waals surface area (Å²) >= 11 is 0. The van der Waals surface area contributed by atoms with Crippen molar-refractivity contribution in [3.8, 4) is 5.75 Å². The Morgan fingerprint density at radius 3 is 2.78 bits per heavy atom. The van der Waals surface area contributed by atoms with Gasteiger partial charge in [-0.1, -0.05) is 31.0 Å². The normalized spacial score (nSPS) is 15.6. The zero-order valence-electron chi connectivity index (χ0n) is 10.9. The molecule has 1 saturated carbocycles. The van der Waals surface area contributed by atoms with Gasteiger partial charge in [-0.3, -0.25) is 4.79 Å². The molecule has 1 aliphatic carbocycles. The van der Waals surface area contributed by atoms with E-state index in [9.17, 15) is 4.79 Å². The van der Waals surface area contributed by atoms with E-state index < -0.39 is 0 Å². The van der Waals surface area contributed by atoms with Crippen LogP contribution in [0.4, 0.5) is 0 Å². The molecule has 0 heterocycles. The van der Waals surface area contributed by atoms with Crippen molar-refractivity contribution >= 4 is 5.91 Å². The molecule has 3 nitrogen and oxygen atoms in total. The fourth-order valence-corrected chi connectivity index (χ4v) is 2.56. The molecule has 1 aliphatic rings. The minimum absolute atomic E-state index is 0.224. The molecule has 0 atom stereocenters. The van der Waals surface area contributed by atoms with Crippen molar-refractivity contribution in [1.82, 2.24) is 5.32 Å². The van der Waals surface area contributed by atoms with Crippen LogP contribution in [0.1, 0.15) is 31.2 Å². The van der Waals surface area contributed by atoms with Crippen molar-refractivity contribution in [3.05, 3.63) is 29.8 Å². The average Bonchev–Trinajstić information content (AvgIpc) is 2.93. The highest BCUT2D eigenvalue weighted by Crippen LogP contribution is 2.24. The Bertz CT molecular complexity index is 397. The van der Waals surface area contributed by atoms with E-state index in [-0.39, 0.29) is 11.8 Å². The molecule has 1 N–H and O–H groups in total. The lowest BCUT2D eigenvalue weighted by Crippen LogP contribution is -2.30. The highest BCUT2D eigenvalue weighted by molar-refractivity contribution is 5.78. The number of carbonyl (C=O) groups is 1. The van der Waals surface area contributed by atoms with Crippen LogP contribution in [0.5, 0.6) is 5.75 Å². The molecule has 1 aromatic carbocycles. The second-order valence-corrected chi connectivity index (χ2v) is 4.83. The van der Waals surface area contributed by atoms with Crippen molar-refractivity contribution < 1.29 is 9.53 Å². The van der Waals surface area contributed by atoms with Crippen molar-refractivity contribution in [1.29, 1.82) is 0 Å². The maximum atomic E-state index is 11.8. The molecule has 1 aromatic rings. The smallest absolute Gasteiger partial charge is 0.223 e. The summed E-state index contributed by atoms with van der Waals surface area (Å²) in [5.74, 6) is 1.37. The third kappa shape index (κ3) is 3.25. The van der Waals surface area contributed by atoms with Gasteiger partial charge in [-0.2, -0.15) is 0 Å². The molecular weight excluding hydrogens is 226 g/mol. The van der Waals surface area contributed by atoms with Gasteiger partial charge in [-0.25, -0.2) is 0 Å². The van der Waals surface area contributed by atoms with Gasteiger partial charge in [0.25, 0.3) is 0 Å². The standard InChI is InChI=1S/C15H21NO2/c1-18-14-9-5-4-6-12(14)10-11-16-15(17)13-7-2-3-8-13/h4-6,9,13H,2-3,7-8,10-11H2,1H3,(H,16,17). The van der Waals surface area contributed by atoms with Crippen molar-refractivity contribution in [2.45, 2.75) is 32.1 Å². The van der Waals surface area contributed by atoms with Gasteiger partial charge in [-0.05, 0) is 30.9 Å². The van der Waals surface area contributed by atoms with Crippen molar-refractivity contribution in [2.75, 3.05) is 13.7 Å².